The lowest BCUT2D eigenvalue weighted by molar-refractivity contribution is 0.452. The average molecular weight is 481 g/mol. The van der Waals surface area contributed by atoms with Crippen molar-refractivity contribution in [3.8, 4) is 0 Å². The lowest BCUT2D eigenvalue weighted by atomic mass is 9.79. The van der Waals surface area contributed by atoms with E-state index in [4.69, 9.17) is 4.99 Å². The Kier molecular flexibility index (Phi) is 8.60. The number of nitrogens with one attached hydrogen (secondary N) is 2. The Morgan fingerprint density at radius 3 is 2.56 bits per heavy atom. The Morgan fingerprint density at radius 1 is 1.19 bits per heavy atom. The zero-order valence-corrected chi connectivity index (χ0v) is 18.8. The van der Waals surface area contributed by atoms with Crippen molar-refractivity contribution in [2.24, 2.45) is 12.0 Å². The van der Waals surface area contributed by atoms with Gasteiger partial charge in [0.2, 0.25) is 0 Å². The van der Waals surface area contributed by atoms with Crippen molar-refractivity contribution in [1.29, 1.82) is 0 Å². The smallest absolute Gasteiger partial charge is 0.191 e. The largest absolute Gasteiger partial charge is 0.357 e. The first-order chi connectivity index (χ1) is 12.7. The molecule has 3 rings (SSSR count). The van der Waals surface area contributed by atoms with Gasteiger partial charge in [0.1, 0.15) is 0 Å². The first-order valence-corrected chi connectivity index (χ1v) is 9.77. The van der Waals surface area contributed by atoms with Gasteiger partial charge < -0.3 is 10.6 Å². The normalized spacial score (nSPS) is 16.0. The van der Waals surface area contributed by atoms with E-state index < -0.39 is 0 Å². The molecule has 1 fully saturated rings. The van der Waals surface area contributed by atoms with Crippen molar-refractivity contribution in [2.45, 2.75) is 44.4 Å². The Hall–Kier alpha value is -1.57. The van der Waals surface area contributed by atoms with Crippen LogP contribution in [0.1, 0.15) is 43.7 Å². The Bertz CT molecular complexity index is 704. The zero-order chi connectivity index (χ0) is 18.2. The van der Waals surface area contributed by atoms with Crippen LogP contribution in [0.25, 0.3) is 0 Å². The second-order valence-corrected chi connectivity index (χ2v) is 7.25. The lowest BCUT2D eigenvalue weighted by Gasteiger charge is -2.28. The molecule has 148 valence electrons. The second-order valence-electron chi connectivity index (χ2n) is 7.25. The van der Waals surface area contributed by atoms with Crippen LogP contribution in [-0.2, 0) is 18.9 Å². The van der Waals surface area contributed by atoms with E-state index in [0.29, 0.717) is 0 Å². The summed E-state index contributed by atoms with van der Waals surface area (Å²) in [5.41, 5.74) is 2.88. The maximum Gasteiger partial charge on any atom is 0.191 e. The van der Waals surface area contributed by atoms with E-state index in [1.165, 1.54) is 36.8 Å². The molecule has 1 aliphatic carbocycles. The van der Waals surface area contributed by atoms with Crippen molar-refractivity contribution in [3.63, 3.8) is 0 Å². The fraction of sp³-hybridized carbons (Fsp3) is 0.524. The van der Waals surface area contributed by atoms with Gasteiger partial charge in [0.15, 0.2) is 5.96 Å². The molecule has 0 atom stereocenters. The number of aromatic nitrogens is 2. The number of guanidine groups is 1. The molecule has 0 radical (unpaired) electrons. The molecule has 1 aromatic carbocycles. The van der Waals surface area contributed by atoms with E-state index in [1.54, 1.807) is 0 Å². The van der Waals surface area contributed by atoms with Gasteiger partial charge >= 0.3 is 0 Å². The van der Waals surface area contributed by atoms with Crippen molar-refractivity contribution in [1.82, 2.24) is 20.4 Å². The second kappa shape index (κ2) is 10.7. The summed E-state index contributed by atoms with van der Waals surface area (Å²) in [6.07, 6.45) is 10.0. The number of halogens is 1. The topological polar surface area (TPSA) is 54.2 Å². The van der Waals surface area contributed by atoms with E-state index in [1.807, 2.05) is 17.9 Å². The number of hydrogen-bond donors (Lipinski definition) is 2. The van der Waals surface area contributed by atoms with Gasteiger partial charge in [-0.05, 0) is 37.3 Å². The summed E-state index contributed by atoms with van der Waals surface area (Å²) in [4.78, 5) is 4.95. The third-order valence-corrected chi connectivity index (χ3v) is 5.30. The van der Waals surface area contributed by atoms with Crippen LogP contribution < -0.4 is 10.6 Å². The molecule has 2 N–H and O–H groups in total. The van der Waals surface area contributed by atoms with E-state index >= 15 is 0 Å². The maximum absolute atomic E-state index is 4.95. The van der Waals surface area contributed by atoms with Gasteiger partial charge in [0.05, 0.1) is 12.7 Å². The molecule has 1 aliphatic rings. The molecule has 0 aliphatic heterocycles. The standard InChI is InChI=1S/C21H31N5.HI/c1-3-22-20(23-14-11-18-15-25-26(2)16-18)24-17-21(12-7-8-13-21)19-9-5-4-6-10-19;/h4-6,9-10,15-16H,3,7-8,11-14,17H2,1-2H3,(H2,22,23,24);1H. The molecular weight excluding hydrogens is 449 g/mol. The molecule has 0 saturated heterocycles. The number of benzene rings is 1. The molecule has 1 heterocycles. The third kappa shape index (κ3) is 5.96. The Morgan fingerprint density at radius 2 is 1.93 bits per heavy atom. The van der Waals surface area contributed by atoms with E-state index in [2.05, 4.69) is 59.2 Å². The highest BCUT2D eigenvalue weighted by Crippen LogP contribution is 2.41. The molecule has 0 amide bonds. The van der Waals surface area contributed by atoms with Crippen molar-refractivity contribution < 1.29 is 0 Å². The summed E-state index contributed by atoms with van der Waals surface area (Å²) < 4.78 is 1.85. The number of nitrogens with zero attached hydrogens (tertiary/aromatic N) is 3. The molecule has 0 unspecified atom stereocenters. The molecular formula is C21H32IN5. The summed E-state index contributed by atoms with van der Waals surface area (Å²) >= 11 is 0. The highest BCUT2D eigenvalue weighted by molar-refractivity contribution is 14.0. The van der Waals surface area contributed by atoms with Crippen LogP contribution in [0, 0.1) is 0 Å². The van der Waals surface area contributed by atoms with Crippen LogP contribution in [0.15, 0.2) is 47.7 Å². The van der Waals surface area contributed by atoms with Crippen molar-refractivity contribution >= 4 is 29.9 Å². The molecule has 0 bridgehead atoms. The summed E-state index contributed by atoms with van der Waals surface area (Å²) in [5.74, 6) is 0.915. The lowest BCUT2D eigenvalue weighted by Crippen LogP contribution is -2.39. The first kappa shape index (κ1) is 21.7. The minimum atomic E-state index is 0. The average Bonchev–Trinajstić information content (AvgIpc) is 3.30. The molecule has 5 nitrogen and oxygen atoms in total. The van der Waals surface area contributed by atoms with E-state index in [-0.39, 0.29) is 29.4 Å². The summed E-state index contributed by atoms with van der Waals surface area (Å²) in [6, 6.07) is 10.9. The predicted molar refractivity (Wildman–Crippen MR) is 123 cm³/mol. The van der Waals surface area contributed by atoms with Crippen LogP contribution >= 0.6 is 24.0 Å². The number of hydrogen-bond acceptors (Lipinski definition) is 2. The summed E-state index contributed by atoms with van der Waals surface area (Å²) in [7, 11) is 1.95. The summed E-state index contributed by atoms with van der Waals surface area (Å²) in [5, 5.41) is 11.1. The Balaban J connectivity index is 0.00000261. The summed E-state index contributed by atoms with van der Waals surface area (Å²) in [6.45, 7) is 4.69. The van der Waals surface area contributed by atoms with Gasteiger partial charge in [-0.25, -0.2) is 0 Å². The fourth-order valence-electron chi connectivity index (χ4n) is 3.88. The van der Waals surface area contributed by atoms with Crippen LogP contribution in [0.2, 0.25) is 0 Å². The minimum absolute atomic E-state index is 0. The van der Waals surface area contributed by atoms with Gasteiger partial charge in [-0.1, -0.05) is 43.2 Å². The highest BCUT2D eigenvalue weighted by atomic mass is 127. The third-order valence-electron chi connectivity index (χ3n) is 5.30. The van der Waals surface area contributed by atoms with Gasteiger partial charge in [0.25, 0.3) is 0 Å². The van der Waals surface area contributed by atoms with Crippen molar-refractivity contribution in [3.05, 3.63) is 53.9 Å². The first-order valence-electron chi connectivity index (χ1n) is 9.77. The molecule has 1 saturated carbocycles. The molecule has 1 aromatic heterocycles. The SMILES string of the molecule is CCNC(=NCC1(c2ccccc2)CCCC1)NCCc1cnn(C)c1.I. The van der Waals surface area contributed by atoms with Crippen LogP contribution in [0.5, 0.6) is 0 Å². The van der Waals surface area contributed by atoms with E-state index in [0.717, 1.165) is 32.0 Å². The minimum Gasteiger partial charge on any atom is -0.357 e. The molecule has 6 heteroatoms. The number of aryl methyl sites for hydroxylation is 1. The predicted octanol–water partition coefficient (Wildman–Crippen LogP) is 3.65. The van der Waals surface area contributed by atoms with Crippen LogP contribution in [0.3, 0.4) is 0 Å². The van der Waals surface area contributed by atoms with E-state index in [9.17, 15) is 0 Å². The van der Waals surface area contributed by atoms with Crippen LogP contribution in [0.4, 0.5) is 0 Å². The van der Waals surface area contributed by atoms with Gasteiger partial charge in [0, 0.05) is 31.7 Å². The quantitative estimate of drug-likeness (QED) is 0.361. The number of rotatable bonds is 7. The fourth-order valence-corrected chi connectivity index (χ4v) is 3.88. The zero-order valence-electron chi connectivity index (χ0n) is 16.4. The van der Waals surface area contributed by atoms with Gasteiger partial charge in [-0.15, -0.1) is 24.0 Å². The van der Waals surface area contributed by atoms with Gasteiger partial charge in [-0.2, -0.15) is 5.10 Å². The van der Waals surface area contributed by atoms with Crippen LogP contribution in [-0.4, -0.2) is 35.4 Å². The molecule has 27 heavy (non-hydrogen) atoms. The van der Waals surface area contributed by atoms with Gasteiger partial charge in [-0.3, -0.25) is 9.67 Å². The molecule has 0 spiro atoms. The monoisotopic (exact) mass is 481 g/mol. The Labute approximate surface area is 180 Å². The highest BCUT2D eigenvalue weighted by Gasteiger charge is 2.35. The maximum atomic E-state index is 4.95. The molecule has 2 aromatic rings. The van der Waals surface area contributed by atoms with Crippen molar-refractivity contribution in [2.75, 3.05) is 19.6 Å². The number of aliphatic imine (C=N–C) groups is 1.